The summed E-state index contributed by atoms with van der Waals surface area (Å²) in [7, 11) is -0.890. The molecule has 4 aromatic carbocycles. The molecule has 0 spiro atoms. The van der Waals surface area contributed by atoms with Crippen LogP contribution >= 0.6 is 0 Å². The summed E-state index contributed by atoms with van der Waals surface area (Å²) in [5, 5.41) is 9.75. The van der Waals surface area contributed by atoms with Crippen molar-refractivity contribution in [3.63, 3.8) is 0 Å². The molecule has 1 aliphatic heterocycles. The summed E-state index contributed by atoms with van der Waals surface area (Å²) in [5.41, 5.74) is 5.10. The first-order valence-electron chi connectivity index (χ1n) is 13.5. The second-order valence-corrected chi connectivity index (χ2v) is 11.7. The van der Waals surface area contributed by atoms with Gasteiger partial charge in [0.25, 0.3) is 10.0 Å². The molecule has 8 nitrogen and oxygen atoms in total. The molecular weight excluding hydrogens is 548 g/mol. The molecule has 0 aliphatic carbocycles. The number of nitrogens with zero attached hydrogens (tertiary/aromatic N) is 4. The number of hydrazone groups is 1. The molecule has 0 unspecified atom stereocenters. The Labute approximate surface area is 245 Å². The predicted octanol–water partition coefficient (Wildman–Crippen LogP) is 6.40. The first-order valence-corrected chi connectivity index (χ1v) is 14.9. The van der Waals surface area contributed by atoms with Gasteiger partial charge in [0.15, 0.2) is 0 Å². The minimum atomic E-state index is -4.05. The van der Waals surface area contributed by atoms with Gasteiger partial charge in [0.2, 0.25) is 0 Å². The van der Waals surface area contributed by atoms with Crippen LogP contribution in [-0.4, -0.2) is 42.5 Å². The largest absolute Gasteiger partial charge is 0.497 e. The van der Waals surface area contributed by atoms with E-state index in [4.69, 9.17) is 19.7 Å². The third kappa shape index (κ3) is 4.92. The molecule has 0 bridgehead atoms. The summed E-state index contributed by atoms with van der Waals surface area (Å²) in [6.07, 6.45) is 2.22. The van der Waals surface area contributed by atoms with Crippen molar-refractivity contribution in [1.29, 1.82) is 0 Å². The molecular formula is C33H30N4O4S. The van der Waals surface area contributed by atoms with E-state index in [0.29, 0.717) is 40.5 Å². The zero-order valence-corrected chi connectivity index (χ0v) is 24.3. The van der Waals surface area contributed by atoms with E-state index in [-0.39, 0.29) is 4.90 Å². The van der Waals surface area contributed by atoms with Crippen molar-refractivity contribution >= 4 is 15.7 Å². The van der Waals surface area contributed by atoms with Crippen LogP contribution in [-0.2, 0) is 10.0 Å². The Hall–Kier alpha value is -4.89. The Bertz CT molecular complexity index is 1870. The number of hydrogen-bond donors (Lipinski definition) is 0. The summed E-state index contributed by atoms with van der Waals surface area (Å²) in [5.74, 6) is 1.18. The predicted molar refractivity (Wildman–Crippen MR) is 163 cm³/mol. The Balaban J connectivity index is 1.55. The number of benzene rings is 4. The second-order valence-electron chi connectivity index (χ2n) is 9.96. The monoisotopic (exact) mass is 578 g/mol. The molecule has 2 heterocycles. The van der Waals surface area contributed by atoms with Crippen molar-refractivity contribution in [3.8, 4) is 28.4 Å². The lowest BCUT2D eigenvalue weighted by molar-refractivity contribution is 0.372. The highest BCUT2D eigenvalue weighted by Crippen LogP contribution is 2.43. The van der Waals surface area contributed by atoms with Gasteiger partial charge >= 0.3 is 0 Å². The van der Waals surface area contributed by atoms with E-state index in [1.54, 1.807) is 50.1 Å². The van der Waals surface area contributed by atoms with E-state index in [2.05, 4.69) is 0 Å². The number of aromatic nitrogens is 2. The first kappa shape index (κ1) is 27.3. The number of hydrogen-bond acceptors (Lipinski definition) is 6. The molecule has 0 radical (unpaired) electrons. The normalized spacial score (nSPS) is 15.0. The van der Waals surface area contributed by atoms with Crippen LogP contribution in [0, 0.1) is 6.92 Å². The SMILES string of the molecule is COc1ccc(C2=NN(S(=O)(=O)c3ccccc3C)[C@H](c3cn(-c4ccccc4)nc3-c3ccccc3)C2)c(OC)c1. The average molecular weight is 579 g/mol. The Morgan fingerprint density at radius 1 is 0.833 bits per heavy atom. The van der Waals surface area contributed by atoms with Crippen molar-refractivity contribution in [2.75, 3.05) is 14.2 Å². The molecule has 0 saturated heterocycles. The van der Waals surface area contributed by atoms with Gasteiger partial charge in [0, 0.05) is 35.4 Å². The van der Waals surface area contributed by atoms with Gasteiger partial charge in [-0.2, -0.15) is 23.0 Å². The van der Waals surface area contributed by atoms with Crippen molar-refractivity contribution in [2.45, 2.75) is 24.3 Å². The van der Waals surface area contributed by atoms with Gasteiger partial charge in [-0.3, -0.25) is 0 Å². The smallest absolute Gasteiger partial charge is 0.279 e. The van der Waals surface area contributed by atoms with E-state index in [1.165, 1.54) is 4.41 Å². The maximum absolute atomic E-state index is 14.3. The highest BCUT2D eigenvalue weighted by molar-refractivity contribution is 7.89. The van der Waals surface area contributed by atoms with Crippen LogP contribution in [0.15, 0.2) is 119 Å². The number of methoxy groups -OCH3 is 2. The average Bonchev–Trinajstić information content (AvgIpc) is 3.68. The molecule has 0 fully saturated rings. The number of sulfonamides is 1. The van der Waals surface area contributed by atoms with Crippen LogP contribution in [0.4, 0.5) is 0 Å². The van der Waals surface area contributed by atoms with E-state index in [9.17, 15) is 8.42 Å². The van der Waals surface area contributed by atoms with Gasteiger partial charge in [0.05, 0.1) is 42.2 Å². The fraction of sp³-hybridized carbons (Fsp3) is 0.152. The molecule has 6 rings (SSSR count). The summed E-state index contributed by atoms with van der Waals surface area (Å²) >= 11 is 0. The van der Waals surface area contributed by atoms with Crippen LogP contribution in [0.3, 0.4) is 0 Å². The van der Waals surface area contributed by atoms with E-state index < -0.39 is 16.1 Å². The number of ether oxygens (including phenoxy) is 2. The van der Waals surface area contributed by atoms with Gasteiger partial charge in [0.1, 0.15) is 11.5 Å². The zero-order chi connectivity index (χ0) is 29.3. The summed E-state index contributed by atoms with van der Waals surface area (Å²) in [6, 6.07) is 31.3. The molecule has 0 saturated carbocycles. The maximum Gasteiger partial charge on any atom is 0.279 e. The van der Waals surface area contributed by atoms with Gasteiger partial charge in [-0.15, -0.1) is 0 Å². The molecule has 212 valence electrons. The fourth-order valence-corrected chi connectivity index (χ4v) is 6.91. The van der Waals surface area contributed by atoms with Gasteiger partial charge in [-0.25, -0.2) is 4.68 Å². The van der Waals surface area contributed by atoms with E-state index >= 15 is 0 Å². The van der Waals surface area contributed by atoms with Gasteiger partial charge in [-0.05, 0) is 42.8 Å². The standard InChI is InChI=1S/C33H30N4O4S/c1-23-12-10-11-17-32(23)42(38,39)37-30(21-29(34-37)27-19-18-26(40-2)20-31(27)41-3)28-22-36(25-15-8-5-9-16-25)35-33(28)24-13-6-4-7-14-24/h4-20,22,30H,21H2,1-3H3/t30-/m0/s1. The lowest BCUT2D eigenvalue weighted by Gasteiger charge is -2.24. The van der Waals surface area contributed by atoms with Crippen LogP contribution in [0.2, 0.25) is 0 Å². The molecule has 5 aromatic rings. The summed E-state index contributed by atoms with van der Waals surface area (Å²) in [4.78, 5) is 0.207. The third-order valence-corrected chi connectivity index (χ3v) is 9.22. The first-order chi connectivity index (χ1) is 20.4. The quantitative estimate of drug-likeness (QED) is 0.213. The lowest BCUT2D eigenvalue weighted by Crippen LogP contribution is -2.28. The molecule has 9 heteroatoms. The third-order valence-electron chi connectivity index (χ3n) is 7.38. The molecule has 0 amide bonds. The van der Waals surface area contributed by atoms with Crippen LogP contribution in [0.25, 0.3) is 16.9 Å². The van der Waals surface area contributed by atoms with Gasteiger partial charge < -0.3 is 9.47 Å². The topological polar surface area (TPSA) is 86.0 Å². The maximum atomic E-state index is 14.3. The minimum Gasteiger partial charge on any atom is -0.497 e. The fourth-order valence-electron chi connectivity index (χ4n) is 5.25. The zero-order valence-electron chi connectivity index (χ0n) is 23.5. The van der Waals surface area contributed by atoms with Crippen molar-refractivity contribution in [2.24, 2.45) is 5.10 Å². The van der Waals surface area contributed by atoms with Crippen molar-refractivity contribution < 1.29 is 17.9 Å². The molecule has 42 heavy (non-hydrogen) atoms. The van der Waals surface area contributed by atoms with E-state index in [1.807, 2.05) is 85.1 Å². The van der Waals surface area contributed by atoms with Crippen molar-refractivity contribution in [1.82, 2.24) is 14.2 Å². The molecule has 1 aliphatic rings. The van der Waals surface area contributed by atoms with Crippen molar-refractivity contribution in [3.05, 3.63) is 126 Å². The van der Waals surface area contributed by atoms with E-state index in [0.717, 1.165) is 16.8 Å². The van der Waals surface area contributed by atoms with Crippen LogP contribution in [0.5, 0.6) is 11.5 Å². The molecule has 1 atom stereocenters. The Kier molecular flexibility index (Phi) is 7.26. The molecule has 0 N–H and O–H groups in total. The highest BCUT2D eigenvalue weighted by Gasteiger charge is 2.41. The van der Waals surface area contributed by atoms with Crippen LogP contribution < -0.4 is 9.47 Å². The minimum absolute atomic E-state index is 0.207. The lowest BCUT2D eigenvalue weighted by atomic mass is 9.96. The number of rotatable bonds is 8. The Morgan fingerprint density at radius 2 is 1.52 bits per heavy atom. The molecule has 1 aromatic heterocycles. The number of para-hydroxylation sites is 1. The second kappa shape index (κ2) is 11.2. The van der Waals surface area contributed by atoms with Gasteiger partial charge in [-0.1, -0.05) is 66.7 Å². The highest BCUT2D eigenvalue weighted by atomic mass is 32.2. The Morgan fingerprint density at radius 3 is 2.21 bits per heavy atom. The summed E-state index contributed by atoms with van der Waals surface area (Å²) < 4.78 is 42.8. The van der Waals surface area contributed by atoms with Crippen LogP contribution in [0.1, 0.15) is 29.2 Å². The number of aryl methyl sites for hydroxylation is 1. The summed E-state index contributed by atoms with van der Waals surface area (Å²) in [6.45, 7) is 1.79.